The summed E-state index contributed by atoms with van der Waals surface area (Å²) in [6, 6.07) is 7.85. The van der Waals surface area contributed by atoms with Crippen molar-refractivity contribution in [2.45, 2.75) is 57.5 Å². The van der Waals surface area contributed by atoms with Crippen LogP contribution in [0.2, 0.25) is 0 Å². The van der Waals surface area contributed by atoms with Crippen LogP contribution in [0.1, 0.15) is 46.1 Å². The number of nitrogens with zero attached hydrogens (tertiary/aromatic N) is 1. The highest BCUT2D eigenvalue weighted by molar-refractivity contribution is 8.14. The van der Waals surface area contributed by atoms with Crippen molar-refractivity contribution in [1.82, 2.24) is 5.32 Å². The molecular formula is C21H28N2O4S. The molecule has 0 amide bonds. The van der Waals surface area contributed by atoms with Gasteiger partial charge >= 0.3 is 11.9 Å². The van der Waals surface area contributed by atoms with Gasteiger partial charge in [0.05, 0.1) is 29.4 Å². The van der Waals surface area contributed by atoms with Crippen LogP contribution >= 0.6 is 11.8 Å². The van der Waals surface area contributed by atoms with Gasteiger partial charge < -0.3 is 9.47 Å². The van der Waals surface area contributed by atoms with E-state index in [2.05, 4.69) is 25.2 Å². The molecular weight excluding hydrogens is 376 g/mol. The lowest BCUT2D eigenvalue weighted by Crippen LogP contribution is -2.57. The molecule has 2 aliphatic rings. The van der Waals surface area contributed by atoms with Gasteiger partial charge in [0.1, 0.15) is 0 Å². The van der Waals surface area contributed by atoms with Gasteiger partial charge in [-0.1, -0.05) is 32.0 Å². The van der Waals surface area contributed by atoms with Gasteiger partial charge in [0.25, 0.3) is 0 Å². The largest absolute Gasteiger partial charge is 0.464 e. The van der Waals surface area contributed by atoms with Crippen LogP contribution in [0.25, 0.3) is 0 Å². The average Bonchev–Trinajstić information content (AvgIpc) is 3.20. The zero-order valence-electron chi connectivity index (χ0n) is 16.9. The minimum Gasteiger partial charge on any atom is -0.464 e. The van der Waals surface area contributed by atoms with Gasteiger partial charge in [0, 0.05) is 12.5 Å². The second-order valence-electron chi connectivity index (χ2n) is 6.97. The third-order valence-corrected chi connectivity index (χ3v) is 6.50. The Balaban J connectivity index is 2.16. The maximum atomic E-state index is 13.0. The number of hydrogen-bond acceptors (Lipinski definition) is 7. The first-order valence-electron chi connectivity index (χ1n) is 9.93. The monoisotopic (exact) mass is 404 g/mol. The highest BCUT2D eigenvalue weighted by Gasteiger charge is 2.66. The second kappa shape index (κ2) is 8.25. The van der Waals surface area contributed by atoms with Crippen LogP contribution in [0.15, 0.2) is 29.3 Å². The van der Waals surface area contributed by atoms with E-state index >= 15 is 0 Å². The number of para-hydroxylation sites is 1. The van der Waals surface area contributed by atoms with Gasteiger partial charge in [0.15, 0.2) is 0 Å². The lowest BCUT2D eigenvalue weighted by Gasteiger charge is -2.32. The van der Waals surface area contributed by atoms with E-state index < -0.39 is 22.9 Å². The van der Waals surface area contributed by atoms with Crippen LogP contribution in [-0.2, 0) is 24.5 Å². The fraction of sp³-hybridized carbons (Fsp3) is 0.571. The van der Waals surface area contributed by atoms with E-state index in [0.717, 1.165) is 28.5 Å². The summed E-state index contributed by atoms with van der Waals surface area (Å²) < 4.78 is 10.7. The number of thioether (sulfide) groups is 1. The zero-order valence-corrected chi connectivity index (χ0v) is 17.7. The van der Waals surface area contributed by atoms with Crippen molar-refractivity contribution in [2.75, 3.05) is 19.0 Å². The summed E-state index contributed by atoms with van der Waals surface area (Å²) in [5.41, 5.74) is -0.118. The summed E-state index contributed by atoms with van der Waals surface area (Å²) in [4.78, 5) is 30.9. The second-order valence-corrected chi connectivity index (χ2v) is 8.22. The van der Waals surface area contributed by atoms with E-state index in [1.807, 2.05) is 18.2 Å². The zero-order chi connectivity index (χ0) is 20.4. The number of carbonyl (C=O) groups is 2. The molecule has 2 aliphatic heterocycles. The molecule has 0 bridgehead atoms. The Morgan fingerprint density at radius 1 is 1.14 bits per heavy atom. The van der Waals surface area contributed by atoms with Gasteiger partial charge in [-0.15, -0.1) is 11.8 Å². The molecule has 0 radical (unpaired) electrons. The molecule has 0 aromatic heterocycles. The predicted octanol–water partition coefficient (Wildman–Crippen LogP) is 3.36. The lowest BCUT2D eigenvalue weighted by molar-refractivity contribution is -0.165. The van der Waals surface area contributed by atoms with Crippen molar-refractivity contribution in [3.05, 3.63) is 29.8 Å². The molecule has 1 spiro atoms. The molecule has 3 rings (SSSR count). The molecule has 0 saturated carbocycles. The standard InChI is InChI=1S/C21H28N2O4S/c1-5-16-20(14-11-9-10-12-15(14)22-17(20)28-8-4)13-21(23-16,18(24)26-6-2)19(25)27-7-3/h9-12,16,23H,5-8,13H2,1-4H3/t16-,20-/m0/s1. The topological polar surface area (TPSA) is 77.0 Å². The SMILES string of the molecule is CCOC(=O)C1(C(=O)OCC)C[C@@]2(C(SCC)=Nc3ccccc32)[C@H](CC)N1. The van der Waals surface area contributed by atoms with Crippen molar-refractivity contribution in [3.8, 4) is 0 Å². The number of hydrogen-bond donors (Lipinski definition) is 1. The predicted molar refractivity (Wildman–Crippen MR) is 111 cm³/mol. The Hall–Kier alpha value is -1.86. The van der Waals surface area contributed by atoms with Crippen LogP contribution < -0.4 is 5.32 Å². The molecule has 7 heteroatoms. The number of benzene rings is 1. The molecule has 1 aromatic rings. The number of esters is 2. The van der Waals surface area contributed by atoms with Crippen molar-refractivity contribution >= 4 is 34.4 Å². The maximum absolute atomic E-state index is 13.0. The first-order chi connectivity index (χ1) is 13.5. The van der Waals surface area contributed by atoms with E-state index in [1.165, 1.54) is 0 Å². The van der Waals surface area contributed by atoms with Crippen molar-refractivity contribution < 1.29 is 19.1 Å². The van der Waals surface area contributed by atoms with E-state index in [0.29, 0.717) is 0 Å². The lowest BCUT2D eigenvalue weighted by atomic mass is 9.72. The first kappa shape index (κ1) is 20.9. The number of aliphatic imine (C=N–C) groups is 1. The first-order valence-corrected chi connectivity index (χ1v) is 10.9. The van der Waals surface area contributed by atoms with E-state index in [-0.39, 0.29) is 25.7 Å². The van der Waals surface area contributed by atoms with Crippen molar-refractivity contribution in [2.24, 2.45) is 4.99 Å². The molecule has 1 fully saturated rings. The molecule has 0 aliphatic carbocycles. The van der Waals surface area contributed by atoms with E-state index in [1.54, 1.807) is 25.6 Å². The Morgan fingerprint density at radius 2 is 1.79 bits per heavy atom. The summed E-state index contributed by atoms with van der Waals surface area (Å²) in [5, 5.41) is 4.29. The molecule has 2 atom stereocenters. The van der Waals surface area contributed by atoms with Crippen molar-refractivity contribution in [3.63, 3.8) is 0 Å². The summed E-state index contributed by atoms with van der Waals surface area (Å²) in [7, 11) is 0. The Labute approximate surface area is 170 Å². The minimum absolute atomic E-state index is 0.136. The van der Waals surface area contributed by atoms with Gasteiger partial charge in [-0.25, -0.2) is 14.6 Å². The minimum atomic E-state index is -1.53. The van der Waals surface area contributed by atoms with E-state index in [4.69, 9.17) is 14.5 Å². The fourth-order valence-electron chi connectivity index (χ4n) is 4.40. The number of ether oxygens (including phenoxy) is 2. The van der Waals surface area contributed by atoms with Gasteiger partial charge in [-0.05, 0) is 37.7 Å². The third-order valence-electron chi connectivity index (χ3n) is 5.48. The Bertz CT molecular complexity index is 776. The van der Waals surface area contributed by atoms with Crippen LogP contribution in [0, 0.1) is 0 Å². The van der Waals surface area contributed by atoms with Crippen molar-refractivity contribution in [1.29, 1.82) is 0 Å². The molecule has 2 heterocycles. The number of rotatable bonds is 6. The third kappa shape index (κ3) is 3.05. The molecule has 1 N–H and O–H groups in total. The number of nitrogens with one attached hydrogen (secondary N) is 1. The van der Waals surface area contributed by atoms with Gasteiger partial charge in [-0.3, -0.25) is 5.32 Å². The highest BCUT2D eigenvalue weighted by Crippen LogP contribution is 2.54. The molecule has 0 unspecified atom stereocenters. The van der Waals surface area contributed by atoms with Gasteiger partial charge in [0.2, 0.25) is 5.54 Å². The average molecular weight is 405 g/mol. The number of carbonyl (C=O) groups excluding carboxylic acids is 2. The molecule has 1 aromatic carbocycles. The number of fused-ring (bicyclic) bond motifs is 2. The highest BCUT2D eigenvalue weighted by atomic mass is 32.2. The molecule has 6 nitrogen and oxygen atoms in total. The molecule has 1 saturated heterocycles. The van der Waals surface area contributed by atoms with Gasteiger partial charge in [-0.2, -0.15) is 0 Å². The van der Waals surface area contributed by atoms with Crippen LogP contribution in [0.4, 0.5) is 5.69 Å². The summed E-state index contributed by atoms with van der Waals surface area (Å²) in [5.74, 6) is -0.292. The Kier molecular flexibility index (Phi) is 6.15. The maximum Gasteiger partial charge on any atom is 0.338 e. The normalized spacial score (nSPS) is 24.7. The van der Waals surface area contributed by atoms with Crippen LogP contribution in [0.5, 0.6) is 0 Å². The van der Waals surface area contributed by atoms with E-state index in [9.17, 15) is 9.59 Å². The Morgan fingerprint density at radius 3 is 2.36 bits per heavy atom. The smallest absolute Gasteiger partial charge is 0.338 e. The van der Waals surface area contributed by atoms with Crippen LogP contribution in [0.3, 0.4) is 0 Å². The molecule has 28 heavy (non-hydrogen) atoms. The summed E-state index contributed by atoms with van der Waals surface area (Å²) >= 11 is 1.67. The summed E-state index contributed by atoms with van der Waals surface area (Å²) in [6.07, 6.45) is 0.983. The quantitative estimate of drug-likeness (QED) is 0.579. The summed E-state index contributed by atoms with van der Waals surface area (Å²) in [6.45, 7) is 8.02. The molecule has 152 valence electrons. The van der Waals surface area contributed by atoms with Crippen LogP contribution in [-0.4, -0.2) is 47.5 Å². The fourth-order valence-corrected chi connectivity index (χ4v) is 5.41.